The van der Waals surface area contributed by atoms with E-state index in [1.54, 1.807) is 25.6 Å². The molecule has 2 heterocycles. The SMILES string of the molecule is COc1cccc(C(C(=O)O)N2CCC(Oc3ncc(C)cn3)CC2)c1. The summed E-state index contributed by atoms with van der Waals surface area (Å²) in [6.45, 7) is 3.18. The Morgan fingerprint density at radius 3 is 2.58 bits per heavy atom. The zero-order chi connectivity index (χ0) is 18.5. The van der Waals surface area contributed by atoms with Crippen LogP contribution < -0.4 is 9.47 Å². The molecule has 1 aromatic carbocycles. The Kier molecular flexibility index (Phi) is 5.68. The third kappa shape index (κ3) is 4.29. The number of hydrogen-bond acceptors (Lipinski definition) is 6. The van der Waals surface area contributed by atoms with Gasteiger partial charge in [0.25, 0.3) is 0 Å². The molecule has 26 heavy (non-hydrogen) atoms. The summed E-state index contributed by atoms with van der Waals surface area (Å²) < 4.78 is 11.0. The number of carboxylic acids is 1. The van der Waals surface area contributed by atoms with E-state index in [2.05, 4.69) is 9.97 Å². The second-order valence-corrected chi connectivity index (χ2v) is 6.41. The maximum atomic E-state index is 11.9. The van der Waals surface area contributed by atoms with Crippen LogP contribution in [0, 0.1) is 6.92 Å². The molecule has 1 N–H and O–H groups in total. The van der Waals surface area contributed by atoms with Crippen molar-refractivity contribution < 1.29 is 19.4 Å². The van der Waals surface area contributed by atoms with Gasteiger partial charge < -0.3 is 14.6 Å². The molecule has 7 nitrogen and oxygen atoms in total. The lowest BCUT2D eigenvalue weighted by Gasteiger charge is -2.35. The van der Waals surface area contributed by atoms with Gasteiger partial charge >= 0.3 is 12.0 Å². The Balaban J connectivity index is 1.64. The lowest BCUT2D eigenvalue weighted by Crippen LogP contribution is -2.43. The van der Waals surface area contributed by atoms with Crippen molar-refractivity contribution in [3.63, 3.8) is 0 Å². The van der Waals surface area contributed by atoms with E-state index in [1.165, 1.54) is 0 Å². The van der Waals surface area contributed by atoms with Gasteiger partial charge in [-0.05, 0) is 43.0 Å². The van der Waals surface area contributed by atoms with Gasteiger partial charge in [-0.2, -0.15) is 0 Å². The molecule has 138 valence electrons. The van der Waals surface area contributed by atoms with Crippen molar-refractivity contribution in [2.75, 3.05) is 20.2 Å². The number of aliphatic carboxylic acids is 1. The van der Waals surface area contributed by atoms with Gasteiger partial charge in [0.05, 0.1) is 7.11 Å². The normalized spacial score (nSPS) is 16.8. The van der Waals surface area contributed by atoms with Crippen molar-refractivity contribution in [1.29, 1.82) is 0 Å². The van der Waals surface area contributed by atoms with Crippen LogP contribution in [0.2, 0.25) is 0 Å². The Morgan fingerprint density at radius 2 is 1.96 bits per heavy atom. The minimum absolute atomic E-state index is 0.00582. The number of rotatable bonds is 6. The highest BCUT2D eigenvalue weighted by molar-refractivity contribution is 5.75. The van der Waals surface area contributed by atoms with E-state index in [0.717, 1.165) is 24.0 Å². The number of aryl methyl sites for hydroxylation is 1. The van der Waals surface area contributed by atoms with Gasteiger partial charge in [-0.25, -0.2) is 9.97 Å². The van der Waals surface area contributed by atoms with E-state index in [4.69, 9.17) is 9.47 Å². The predicted octanol–water partition coefficient (Wildman–Crippen LogP) is 2.46. The van der Waals surface area contributed by atoms with Crippen LogP contribution in [0.3, 0.4) is 0 Å². The van der Waals surface area contributed by atoms with E-state index in [9.17, 15) is 9.90 Å². The largest absolute Gasteiger partial charge is 0.497 e. The summed E-state index contributed by atoms with van der Waals surface area (Å²) in [7, 11) is 1.57. The predicted molar refractivity (Wildman–Crippen MR) is 95.4 cm³/mol. The van der Waals surface area contributed by atoms with E-state index >= 15 is 0 Å². The first-order chi connectivity index (χ1) is 12.6. The Bertz CT molecular complexity index is 743. The minimum Gasteiger partial charge on any atom is -0.497 e. The maximum Gasteiger partial charge on any atom is 0.325 e. The molecule has 7 heteroatoms. The van der Waals surface area contributed by atoms with Crippen LogP contribution in [0.15, 0.2) is 36.7 Å². The number of methoxy groups -OCH3 is 1. The van der Waals surface area contributed by atoms with Crippen molar-refractivity contribution in [1.82, 2.24) is 14.9 Å². The highest BCUT2D eigenvalue weighted by atomic mass is 16.5. The lowest BCUT2D eigenvalue weighted by molar-refractivity contribution is -0.144. The molecule has 0 aliphatic carbocycles. The third-order valence-corrected chi connectivity index (χ3v) is 4.51. The number of carbonyl (C=O) groups is 1. The minimum atomic E-state index is -0.862. The maximum absolute atomic E-state index is 11.9. The molecule has 1 atom stereocenters. The monoisotopic (exact) mass is 357 g/mol. The summed E-state index contributed by atoms with van der Waals surface area (Å²) in [5.41, 5.74) is 1.70. The Morgan fingerprint density at radius 1 is 1.27 bits per heavy atom. The molecule has 1 aliphatic heterocycles. The first kappa shape index (κ1) is 18.1. The number of hydrogen-bond donors (Lipinski definition) is 1. The van der Waals surface area contributed by atoms with E-state index in [0.29, 0.717) is 24.8 Å². The van der Waals surface area contributed by atoms with Gasteiger partial charge in [0, 0.05) is 25.5 Å². The number of benzene rings is 1. The molecule has 1 fully saturated rings. The Labute approximate surface area is 152 Å². The number of piperidine rings is 1. The molecular formula is C19H23N3O4. The number of likely N-dealkylation sites (tertiary alicyclic amines) is 1. The zero-order valence-corrected chi connectivity index (χ0v) is 15.0. The summed E-state index contributed by atoms with van der Waals surface area (Å²) in [6, 6.07) is 6.91. The number of nitrogens with zero attached hydrogens (tertiary/aromatic N) is 3. The van der Waals surface area contributed by atoms with Crippen LogP contribution >= 0.6 is 0 Å². The average molecular weight is 357 g/mol. The van der Waals surface area contributed by atoms with Crippen molar-refractivity contribution in [2.24, 2.45) is 0 Å². The van der Waals surface area contributed by atoms with Gasteiger partial charge in [-0.1, -0.05) is 12.1 Å². The first-order valence-corrected chi connectivity index (χ1v) is 8.63. The lowest BCUT2D eigenvalue weighted by atomic mass is 10.0. The molecule has 1 unspecified atom stereocenters. The summed E-state index contributed by atoms with van der Waals surface area (Å²) in [4.78, 5) is 22.2. The molecule has 0 saturated carbocycles. The summed E-state index contributed by atoms with van der Waals surface area (Å²) >= 11 is 0. The molecule has 2 aromatic rings. The van der Waals surface area contributed by atoms with Crippen molar-refractivity contribution in [3.05, 3.63) is 47.8 Å². The number of carboxylic acid groups (broad SMARTS) is 1. The second kappa shape index (κ2) is 8.14. The smallest absolute Gasteiger partial charge is 0.325 e. The number of aromatic nitrogens is 2. The molecule has 1 aliphatic rings. The first-order valence-electron chi connectivity index (χ1n) is 8.63. The molecule has 1 saturated heterocycles. The fourth-order valence-corrected chi connectivity index (χ4v) is 3.16. The third-order valence-electron chi connectivity index (χ3n) is 4.51. The quantitative estimate of drug-likeness (QED) is 0.850. The summed E-state index contributed by atoms with van der Waals surface area (Å²) in [5, 5.41) is 9.74. The molecule has 0 amide bonds. The highest BCUT2D eigenvalue weighted by Crippen LogP contribution is 2.28. The molecule has 0 radical (unpaired) electrons. The Hall–Kier alpha value is -2.67. The van der Waals surface area contributed by atoms with Crippen LogP contribution in [0.25, 0.3) is 0 Å². The fourth-order valence-electron chi connectivity index (χ4n) is 3.16. The van der Waals surface area contributed by atoms with Crippen molar-refractivity contribution in [2.45, 2.75) is 31.9 Å². The number of ether oxygens (including phenoxy) is 2. The van der Waals surface area contributed by atoms with Gasteiger partial charge in [-0.3, -0.25) is 9.69 Å². The van der Waals surface area contributed by atoms with Crippen LogP contribution in [0.5, 0.6) is 11.8 Å². The zero-order valence-electron chi connectivity index (χ0n) is 15.0. The van der Waals surface area contributed by atoms with Gasteiger partial charge in [0.15, 0.2) is 0 Å². The van der Waals surface area contributed by atoms with Crippen LogP contribution in [-0.4, -0.2) is 52.2 Å². The summed E-state index contributed by atoms with van der Waals surface area (Å²) in [5.74, 6) is -0.206. The molecule has 3 rings (SSSR count). The van der Waals surface area contributed by atoms with Crippen LogP contribution in [0.1, 0.15) is 30.0 Å². The molecular weight excluding hydrogens is 334 g/mol. The van der Waals surface area contributed by atoms with Crippen molar-refractivity contribution in [3.8, 4) is 11.8 Å². The molecule has 0 bridgehead atoms. The van der Waals surface area contributed by atoms with Gasteiger partial charge in [0.1, 0.15) is 17.9 Å². The van der Waals surface area contributed by atoms with E-state index < -0.39 is 12.0 Å². The topological polar surface area (TPSA) is 84.8 Å². The molecule has 1 aromatic heterocycles. The molecule has 0 spiro atoms. The second-order valence-electron chi connectivity index (χ2n) is 6.41. The van der Waals surface area contributed by atoms with Crippen molar-refractivity contribution >= 4 is 5.97 Å². The van der Waals surface area contributed by atoms with Crippen LogP contribution in [-0.2, 0) is 4.79 Å². The average Bonchev–Trinajstić information content (AvgIpc) is 2.65. The van der Waals surface area contributed by atoms with Gasteiger partial charge in [-0.15, -0.1) is 0 Å². The fraction of sp³-hybridized carbons (Fsp3) is 0.421. The van der Waals surface area contributed by atoms with E-state index in [-0.39, 0.29) is 6.10 Å². The highest BCUT2D eigenvalue weighted by Gasteiger charge is 2.32. The van der Waals surface area contributed by atoms with E-state index in [1.807, 2.05) is 30.0 Å². The van der Waals surface area contributed by atoms with Crippen LogP contribution in [0.4, 0.5) is 0 Å². The standard InChI is InChI=1S/C19H23N3O4/c1-13-11-20-19(21-12-13)26-15-6-8-22(9-7-15)17(18(23)24)14-4-3-5-16(10-14)25-2/h3-5,10-12,15,17H,6-9H2,1-2H3,(H,23,24). The summed E-state index contributed by atoms with van der Waals surface area (Å²) in [6.07, 6.45) is 4.89. The van der Waals surface area contributed by atoms with Gasteiger partial charge in [0.2, 0.25) is 0 Å².